The van der Waals surface area contributed by atoms with Crippen LogP contribution in [0, 0.1) is 0 Å². The molecule has 5 heteroatoms. The van der Waals surface area contributed by atoms with Gasteiger partial charge in [0.1, 0.15) is 6.04 Å². The molecule has 2 heterocycles. The van der Waals surface area contributed by atoms with Gasteiger partial charge >= 0.3 is 5.97 Å². The predicted octanol–water partition coefficient (Wildman–Crippen LogP) is 1.05. The Balaban J connectivity index is 2.08. The molecule has 0 bridgehead atoms. The molecule has 0 spiro atoms. The van der Waals surface area contributed by atoms with E-state index in [0.717, 1.165) is 24.3 Å². The number of hydrogen-bond donors (Lipinski definition) is 0. The molecule has 1 atom stereocenters. The fourth-order valence-electron chi connectivity index (χ4n) is 2.49. The number of carbonyl (C=O) groups excluding carboxylic acids is 2. The lowest BCUT2D eigenvalue weighted by Crippen LogP contribution is -2.47. The first-order valence-corrected chi connectivity index (χ1v) is 6.86. The van der Waals surface area contributed by atoms with Crippen LogP contribution in [-0.2, 0) is 14.3 Å². The summed E-state index contributed by atoms with van der Waals surface area (Å²) in [6, 6.07) is -0.0778. The van der Waals surface area contributed by atoms with E-state index in [1.807, 2.05) is 11.8 Å². The van der Waals surface area contributed by atoms with Gasteiger partial charge in [-0.25, -0.2) is 4.79 Å². The molecule has 2 saturated heterocycles. The molecule has 16 heavy (non-hydrogen) atoms. The Morgan fingerprint density at radius 3 is 2.69 bits per heavy atom. The SMILES string of the molecule is COC(=O)C1CCC(=O)N1C1CCSCC1. The average Bonchev–Trinajstić information content (AvgIpc) is 2.71. The molecule has 2 aliphatic rings. The maximum atomic E-state index is 11.8. The largest absolute Gasteiger partial charge is 0.467 e. The third-order valence-corrected chi connectivity index (χ3v) is 4.36. The van der Waals surface area contributed by atoms with Crippen molar-refractivity contribution in [3.05, 3.63) is 0 Å². The van der Waals surface area contributed by atoms with Crippen LogP contribution in [0.3, 0.4) is 0 Å². The minimum Gasteiger partial charge on any atom is -0.467 e. The predicted molar refractivity (Wildman–Crippen MR) is 62.2 cm³/mol. The van der Waals surface area contributed by atoms with Crippen LogP contribution >= 0.6 is 11.8 Å². The highest BCUT2D eigenvalue weighted by atomic mass is 32.2. The van der Waals surface area contributed by atoms with Crippen LogP contribution in [0.25, 0.3) is 0 Å². The smallest absolute Gasteiger partial charge is 0.328 e. The molecule has 4 nitrogen and oxygen atoms in total. The van der Waals surface area contributed by atoms with Gasteiger partial charge in [0.05, 0.1) is 7.11 Å². The van der Waals surface area contributed by atoms with Gasteiger partial charge in [-0.1, -0.05) is 0 Å². The van der Waals surface area contributed by atoms with Crippen molar-refractivity contribution in [3.63, 3.8) is 0 Å². The van der Waals surface area contributed by atoms with E-state index in [-0.39, 0.29) is 24.0 Å². The van der Waals surface area contributed by atoms with E-state index in [9.17, 15) is 9.59 Å². The van der Waals surface area contributed by atoms with Crippen LogP contribution in [0.2, 0.25) is 0 Å². The lowest BCUT2D eigenvalue weighted by molar-refractivity contribution is -0.150. The number of nitrogens with zero attached hydrogens (tertiary/aromatic N) is 1. The van der Waals surface area contributed by atoms with E-state index in [2.05, 4.69) is 0 Å². The maximum Gasteiger partial charge on any atom is 0.328 e. The summed E-state index contributed by atoms with van der Waals surface area (Å²) >= 11 is 1.92. The second-order valence-corrected chi connectivity index (χ2v) is 5.45. The number of carbonyl (C=O) groups is 2. The molecule has 0 radical (unpaired) electrons. The Morgan fingerprint density at radius 1 is 1.38 bits per heavy atom. The number of amides is 1. The van der Waals surface area contributed by atoms with Crippen molar-refractivity contribution in [2.24, 2.45) is 0 Å². The van der Waals surface area contributed by atoms with E-state index in [1.54, 1.807) is 4.90 Å². The summed E-state index contributed by atoms with van der Waals surface area (Å²) in [5, 5.41) is 0. The van der Waals surface area contributed by atoms with E-state index >= 15 is 0 Å². The van der Waals surface area contributed by atoms with E-state index in [4.69, 9.17) is 4.74 Å². The molecule has 0 aliphatic carbocycles. The first-order valence-electron chi connectivity index (χ1n) is 5.70. The lowest BCUT2D eigenvalue weighted by atomic mass is 10.1. The van der Waals surface area contributed by atoms with Crippen LogP contribution in [0.15, 0.2) is 0 Å². The summed E-state index contributed by atoms with van der Waals surface area (Å²) in [6.45, 7) is 0. The van der Waals surface area contributed by atoms with Crippen LogP contribution in [0.1, 0.15) is 25.7 Å². The van der Waals surface area contributed by atoms with Crippen molar-refractivity contribution < 1.29 is 14.3 Å². The zero-order valence-electron chi connectivity index (χ0n) is 9.48. The van der Waals surface area contributed by atoms with Gasteiger partial charge in [0, 0.05) is 12.5 Å². The molecule has 0 N–H and O–H groups in total. The number of hydrogen-bond acceptors (Lipinski definition) is 4. The summed E-state index contributed by atoms with van der Waals surface area (Å²) in [5.74, 6) is 2.03. The average molecular weight is 243 g/mol. The Morgan fingerprint density at radius 2 is 2.06 bits per heavy atom. The first kappa shape index (κ1) is 11.8. The topological polar surface area (TPSA) is 46.6 Å². The second kappa shape index (κ2) is 5.08. The highest BCUT2D eigenvalue weighted by Crippen LogP contribution is 2.29. The van der Waals surface area contributed by atoms with Crippen molar-refractivity contribution in [2.75, 3.05) is 18.6 Å². The Bertz CT molecular complexity index is 289. The minimum atomic E-state index is -0.328. The van der Waals surface area contributed by atoms with Crippen LogP contribution in [0.4, 0.5) is 0 Å². The third-order valence-electron chi connectivity index (χ3n) is 3.31. The van der Waals surface area contributed by atoms with Crippen molar-refractivity contribution in [1.82, 2.24) is 4.90 Å². The highest BCUT2D eigenvalue weighted by Gasteiger charge is 2.41. The number of thioether (sulfide) groups is 1. The fourth-order valence-corrected chi connectivity index (χ4v) is 3.57. The van der Waals surface area contributed by atoms with Crippen LogP contribution in [0.5, 0.6) is 0 Å². The van der Waals surface area contributed by atoms with Crippen LogP contribution < -0.4 is 0 Å². The minimum absolute atomic E-state index is 0.118. The maximum absolute atomic E-state index is 11.8. The van der Waals surface area contributed by atoms with E-state index in [0.29, 0.717) is 12.8 Å². The molecular formula is C11H17NO3S. The zero-order valence-corrected chi connectivity index (χ0v) is 10.3. The molecule has 0 aromatic carbocycles. The normalized spacial score (nSPS) is 27.2. The molecular weight excluding hydrogens is 226 g/mol. The molecule has 1 amide bonds. The molecule has 90 valence electrons. The fraction of sp³-hybridized carbons (Fsp3) is 0.818. The second-order valence-electron chi connectivity index (χ2n) is 4.22. The number of rotatable bonds is 2. The summed E-state index contributed by atoms with van der Waals surface area (Å²) in [7, 11) is 1.39. The van der Waals surface area contributed by atoms with Gasteiger partial charge < -0.3 is 9.64 Å². The summed E-state index contributed by atoms with van der Waals surface area (Å²) < 4.78 is 4.77. The van der Waals surface area contributed by atoms with Gasteiger partial charge in [0.25, 0.3) is 0 Å². The Hall–Kier alpha value is -0.710. The van der Waals surface area contributed by atoms with Gasteiger partial charge in [0.15, 0.2) is 0 Å². The van der Waals surface area contributed by atoms with Crippen molar-refractivity contribution in [1.29, 1.82) is 0 Å². The summed E-state index contributed by atoms with van der Waals surface area (Å²) in [5.41, 5.74) is 0. The van der Waals surface area contributed by atoms with Gasteiger partial charge in [0.2, 0.25) is 5.91 Å². The first-order chi connectivity index (χ1) is 7.74. The van der Waals surface area contributed by atoms with Gasteiger partial charge in [-0.05, 0) is 30.8 Å². The molecule has 2 rings (SSSR count). The molecule has 0 aromatic rings. The van der Waals surface area contributed by atoms with Crippen molar-refractivity contribution >= 4 is 23.6 Å². The quantitative estimate of drug-likeness (QED) is 0.680. The zero-order chi connectivity index (χ0) is 11.5. The molecule has 1 unspecified atom stereocenters. The van der Waals surface area contributed by atoms with E-state index in [1.165, 1.54) is 7.11 Å². The molecule has 0 saturated carbocycles. The van der Waals surface area contributed by atoms with Crippen molar-refractivity contribution in [3.8, 4) is 0 Å². The van der Waals surface area contributed by atoms with Crippen LogP contribution in [-0.4, -0.2) is 47.5 Å². The van der Waals surface area contributed by atoms with Gasteiger partial charge in [-0.3, -0.25) is 4.79 Å². The van der Waals surface area contributed by atoms with Gasteiger partial charge in [-0.15, -0.1) is 0 Å². The molecule has 2 aliphatic heterocycles. The number of likely N-dealkylation sites (tertiary alicyclic amines) is 1. The Labute approximate surface area is 99.7 Å². The lowest BCUT2D eigenvalue weighted by Gasteiger charge is -2.34. The van der Waals surface area contributed by atoms with Gasteiger partial charge in [-0.2, -0.15) is 11.8 Å². The third kappa shape index (κ3) is 2.19. The summed E-state index contributed by atoms with van der Waals surface area (Å²) in [6.07, 6.45) is 3.12. The number of esters is 1. The number of methoxy groups -OCH3 is 1. The molecule has 2 fully saturated rings. The monoisotopic (exact) mass is 243 g/mol. The van der Waals surface area contributed by atoms with Crippen molar-refractivity contribution in [2.45, 2.75) is 37.8 Å². The molecule has 0 aromatic heterocycles. The van der Waals surface area contributed by atoms with E-state index < -0.39 is 0 Å². The number of ether oxygens (including phenoxy) is 1. The standard InChI is InChI=1S/C11H17NO3S/c1-15-11(14)9-2-3-10(13)12(9)8-4-6-16-7-5-8/h8-9H,2-7H2,1H3. The Kier molecular flexibility index (Phi) is 3.74. The highest BCUT2D eigenvalue weighted by molar-refractivity contribution is 7.99. The summed E-state index contributed by atoms with van der Waals surface area (Å²) in [4.78, 5) is 25.2.